The van der Waals surface area contributed by atoms with Gasteiger partial charge >= 0.3 is 0 Å². The first-order valence-electron chi connectivity index (χ1n) is 9.82. The van der Waals surface area contributed by atoms with Gasteiger partial charge in [0.05, 0.1) is 10.5 Å². The molecule has 2 fully saturated rings. The van der Waals surface area contributed by atoms with Gasteiger partial charge in [-0.1, -0.05) is 17.7 Å². The van der Waals surface area contributed by atoms with Gasteiger partial charge in [0.2, 0.25) is 0 Å². The van der Waals surface area contributed by atoms with Crippen molar-refractivity contribution in [3.8, 4) is 0 Å². The summed E-state index contributed by atoms with van der Waals surface area (Å²) in [4.78, 5) is 8.85. The number of benzene rings is 1. The van der Waals surface area contributed by atoms with Crippen LogP contribution < -0.4 is 10.2 Å². The zero-order valence-corrected chi connectivity index (χ0v) is 21.5. The standard InChI is InChI=1S/C20H31ClN4O2S.HI/c1-15-5-6-17(21)11-18(15)24-8-7-16(13-24)12-23-19(22-4)25-9-10-28(26,27)20(2,3)14-25;/h5-6,11,16H,7-10,12-14H2,1-4H3,(H,22,23);1H. The Kier molecular flexibility index (Phi) is 8.12. The average molecular weight is 555 g/mol. The van der Waals surface area contributed by atoms with E-state index >= 15 is 0 Å². The van der Waals surface area contributed by atoms with Gasteiger partial charge in [0.15, 0.2) is 15.8 Å². The number of anilines is 1. The van der Waals surface area contributed by atoms with Crippen LogP contribution in [-0.2, 0) is 9.84 Å². The van der Waals surface area contributed by atoms with E-state index in [1.165, 1.54) is 11.3 Å². The quantitative estimate of drug-likeness (QED) is 0.353. The number of rotatable bonds is 3. The molecule has 164 valence electrons. The summed E-state index contributed by atoms with van der Waals surface area (Å²) in [6.45, 7) is 9.48. The van der Waals surface area contributed by atoms with Crippen LogP contribution in [0.1, 0.15) is 25.8 Å². The molecule has 3 rings (SSSR count). The summed E-state index contributed by atoms with van der Waals surface area (Å²) in [6, 6.07) is 6.04. The first kappa shape index (κ1) is 24.5. The summed E-state index contributed by atoms with van der Waals surface area (Å²) < 4.78 is 23.7. The maximum absolute atomic E-state index is 12.2. The fraction of sp³-hybridized carbons (Fsp3) is 0.650. The Morgan fingerprint density at radius 2 is 2.07 bits per heavy atom. The summed E-state index contributed by atoms with van der Waals surface area (Å²) in [5, 5.41) is 4.24. The minimum atomic E-state index is -3.05. The monoisotopic (exact) mass is 554 g/mol. The second-order valence-corrected chi connectivity index (χ2v) is 11.6. The van der Waals surface area contributed by atoms with Crippen molar-refractivity contribution in [3.05, 3.63) is 28.8 Å². The molecular formula is C20H32ClIN4O2S. The summed E-state index contributed by atoms with van der Waals surface area (Å²) in [5.41, 5.74) is 2.45. The second-order valence-electron chi connectivity index (χ2n) is 8.46. The lowest BCUT2D eigenvalue weighted by Gasteiger charge is -2.39. The van der Waals surface area contributed by atoms with Crippen LogP contribution in [0.15, 0.2) is 23.2 Å². The molecule has 0 aliphatic carbocycles. The molecule has 2 aliphatic rings. The summed E-state index contributed by atoms with van der Waals surface area (Å²) in [6.07, 6.45) is 1.11. The van der Waals surface area contributed by atoms with Crippen LogP contribution in [0, 0.1) is 12.8 Å². The zero-order valence-electron chi connectivity index (χ0n) is 17.6. The van der Waals surface area contributed by atoms with Crippen molar-refractivity contribution < 1.29 is 8.42 Å². The molecule has 6 nitrogen and oxygen atoms in total. The summed E-state index contributed by atoms with van der Waals surface area (Å²) in [7, 11) is -1.30. The predicted molar refractivity (Wildman–Crippen MR) is 133 cm³/mol. The van der Waals surface area contributed by atoms with E-state index in [9.17, 15) is 8.42 Å². The lowest BCUT2D eigenvalue weighted by atomic mass is 10.1. The zero-order chi connectivity index (χ0) is 20.5. The van der Waals surface area contributed by atoms with Gasteiger partial charge in [-0.05, 0) is 50.8 Å². The van der Waals surface area contributed by atoms with Crippen LogP contribution >= 0.6 is 35.6 Å². The van der Waals surface area contributed by atoms with Crippen LogP contribution in [0.3, 0.4) is 0 Å². The van der Waals surface area contributed by atoms with Crippen molar-refractivity contribution in [3.63, 3.8) is 0 Å². The molecule has 0 bridgehead atoms. The Hall–Kier alpha value is -0.740. The number of sulfone groups is 1. The van der Waals surface area contributed by atoms with Gasteiger partial charge in [-0.3, -0.25) is 4.99 Å². The van der Waals surface area contributed by atoms with Crippen molar-refractivity contribution in [1.29, 1.82) is 0 Å². The van der Waals surface area contributed by atoms with Gasteiger partial charge in [-0.2, -0.15) is 0 Å². The third-order valence-electron chi connectivity index (χ3n) is 5.90. The number of hydrogen-bond acceptors (Lipinski definition) is 4. The summed E-state index contributed by atoms with van der Waals surface area (Å²) >= 11 is 6.18. The van der Waals surface area contributed by atoms with Gasteiger partial charge in [0.25, 0.3) is 0 Å². The number of hydrogen-bond donors (Lipinski definition) is 1. The molecule has 2 heterocycles. The highest BCUT2D eigenvalue weighted by atomic mass is 127. The van der Waals surface area contributed by atoms with E-state index in [4.69, 9.17) is 11.6 Å². The number of halogens is 2. The smallest absolute Gasteiger partial charge is 0.193 e. The lowest BCUT2D eigenvalue weighted by molar-refractivity contribution is 0.351. The van der Waals surface area contributed by atoms with Crippen LogP contribution in [0.2, 0.25) is 5.02 Å². The first-order valence-corrected chi connectivity index (χ1v) is 11.8. The molecule has 1 aromatic rings. The fourth-order valence-electron chi connectivity index (χ4n) is 4.03. The van der Waals surface area contributed by atoms with E-state index in [-0.39, 0.29) is 29.7 Å². The number of aliphatic imine (C=N–C) groups is 1. The fourth-order valence-corrected chi connectivity index (χ4v) is 5.57. The third-order valence-corrected chi connectivity index (χ3v) is 8.67. The molecule has 1 atom stereocenters. The maximum atomic E-state index is 12.2. The highest BCUT2D eigenvalue weighted by Gasteiger charge is 2.41. The van der Waals surface area contributed by atoms with E-state index in [1.807, 2.05) is 12.1 Å². The van der Waals surface area contributed by atoms with Crippen molar-refractivity contribution in [2.75, 3.05) is 50.4 Å². The molecule has 1 unspecified atom stereocenters. The molecule has 0 radical (unpaired) electrons. The molecule has 1 N–H and O–H groups in total. The third kappa shape index (κ3) is 5.50. The highest BCUT2D eigenvalue weighted by molar-refractivity contribution is 14.0. The van der Waals surface area contributed by atoms with Gasteiger partial charge in [0, 0.05) is 50.5 Å². The normalized spacial score (nSPS) is 23.6. The van der Waals surface area contributed by atoms with Crippen molar-refractivity contribution >= 4 is 57.1 Å². The Labute approximate surface area is 197 Å². The maximum Gasteiger partial charge on any atom is 0.193 e. The molecule has 29 heavy (non-hydrogen) atoms. The molecular weight excluding hydrogens is 523 g/mol. The molecule has 1 aromatic carbocycles. The van der Waals surface area contributed by atoms with Crippen molar-refractivity contribution in [2.24, 2.45) is 10.9 Å². The van der Waals surface area contributed by atoms with Gasteiger partial charge in [-0.25, -0.2) is 8.42 Å². The molecule has 9 heteroatoms. The minimum Gasteiger partial charge on any atom is -0.371 e. The van der Waals surface area contributed by atoms with Gasteiger partial charge < -0.3 is 15.1 Å². The Morgan fingerprint density at radius 1 is 1.34 bits per heavy atom. The molecule has 0 amide bonds. The van der Waals surface area contributed by atoms with Crippen molar-refractivity contribution in [1.82, 2.24) is 10.2 Å². The molecule has 2 aliphatic heterocycles. The summed E-state index contributed by atoms with van der Waals surface area (Å²) in [5.74, 6) is 1.48. The SMILES string of the molecule is CN=C(NCC1CCN(c2cc(Cl)ccc2C)C1)N1CCS(=O)(=O)C(C)(C)C1.I. The first-order chi connectivity index (χ1) is 13.1. The van der Waals surface area contributed by atoms with E-state index < -0.39 is 14.6 Å². The highest BCUT2D eigenvalue weighted by Crippen LogP contribution is 2.29. The van der Waals surface area contributed by atoms with E-state index in [0.29, 0.717) is 19.0 Å². The molecule has 0 spiro atoms. The minimum absolute atomic E-state index is 0. The number of guanidine groups is 1. The largest absolute Gasteiger partial charge is 0.371 e. The average Bonchev–Trinajstić information content (AvgIpc) is 3.09. The second kappa shape index (κ2) is 9.60. The van der Waals surface area contributed by atoms with Crippen LogP contribution in [0.25, 0.3) is 0 Å². The van der Waals surface area contributed by atoms with Crippen molar-refractivity contribution in [2.45, 2.75) is 31.9 Å². The van der Waals surface area contributed by atoms with Crippen LogP contribution in [0.5, 0.6) is 0 Å². The number of aryl methyl sites for hydroxylation is 1. The van der Waals surface area contributed by atoms with Gasteiger partial charge in [0.1, 0.15) is 0 Å². The number of nitrogens with one attached hydrogen (secondary N) is 1. The van der Waals surface area contributed by atoms with Crippen LogP contribution in [-0.4, -0.2) is 69.5 Å². The van der Waals surface area contributed by atoms with E-state index in [2.05, 4.69) is 33.1 Å². The Balaban J connectivity index is 0.00000300. The predicted octanol–water partition coefficient (Wildman–Crippen LogP) is 3.18. The Morgan fingerprint density at radius 3 is 2.72 bits per heavy atom. The Bertz CT molecular complexity index is 860. The van der Waals surface area contributed by atoms with E-state index in [1.54, 1.807) is 20.9 Å². The lowest BCUT2D eigenvalue weighted by Crippen LogP contribution is -2.57. The topological polar surface area (TPSA) is 65.0 Å². The molecule has 0 aromatic heterocycles. The van der Waals surface area contributed by atoms with Gasteiger partial charge in [-0.15, -0.1) is 24.0 Å². The van der Waals surface area contributed by atoms with E-state index in [0.717, 1.165) is 37.0 Å². The molecule has 2 saturated heterocycles. The number of nitrogens with zero attached hydrogens (tertiary/aromatic N) is 3. The van der Waals surface area contributed by atoms with Crippen LogP contribution in [0.4, 0.5) is 5.69 Å². The molecule has 0 saturated carbocycles.